The van der Waals surface area contributed by atoms with Crippen molar-refractivity contribution >= 4 is 46.1 Å². The highest BCUT2D eigenvalue weighted by Crippen LogP contribution is 2.22. The van der Waals surface area contributed by atoms with Crippen LogP contribution in [-0.2, 0) is 4.79 Å². The van der Waals surface area contributed by atoms with Gasteiger partial charge in [0.1, 0.15) is 5.82 Å². The van der Waals surface area contributed by atoms with Crippen molar-refractivity contribution in [2.24, 2.45) is 0 Å². The number of aryl methyl sites for hydroxylation is 3. The number of H-pyrrole nitrogens is 1. The summed E-state index contributed by atoms with van der Waals surface area (Å²) in [6.45, 7) is 5.64. The number of rotatable bonds is 5. The van der Waals surface area contributed by atoms with Crippen LogP contribution in [0.2, 0.25) is 5.02 Å². The minimum absolute atomic E-state index is 0.181. The molecule has 1 amide bonds. The highest BCUT2D eigenvalue weighted by atomic mass is 35.5. The number of nitrogens with one attached hydrogen (secondary N) is 2. The summed E-state index contributed by atoms with van der Waals surface area (Å²) in [6.07, 6.45) is 0. The van der Waals surface area contributed by atoms with Gasteiger partial charge in [-0.1, -0.05) is 23.4 Å². The van der Waals surface area contributed by atoms with Crippen molar-refractivity contribution in [3.8, 4) is 5.95 Å². The molecule has 3 aromatic heterocycles. The summed E-state index contributed by atoms with van der Waals surface area (Å²) in [5, 5.41) is 8.58. The third kappa shape index (κ3) is 4.41. The van der Waals surface area contributed by atoms with E-state index >= 15 is 0 Å². The van der Waals surface area contributed by atoms with Gasteiger partial charge in [-0.15, -0.1) is 0 Å². The van der Waals surface area contributed by atoms with Crippen LogP contribution in [0.1, 0.15) is 17.1 Å². The average molecular weight is 428 g/mol. The number of hydrogen-bond donors (Lipinski definition) is 2. The molecule has 0 unspecified atom stereocenters. The van der Waals surface area contributed by atoms with Crippen molar-refractivity contribution in [2.75, 3.05) is 11.1 Å². The first kappa shape index (κ1) is 19.4. The second-order valence-electron chi connectivity index (χ2n) is 6.57. The maximum atomic E-state index is 12.5. The predicted octanol–water partition coefficient (Wildman–Crippen LogP) is 3.85. The molecule has 0 aliphatic heterocycles. The number of amides is 1. The van der Waals surface area contributed by atoms with Gasteiger partial charge in [0.25, 0.3) is 5.95 Å². The molecule has 0 radical (unpaired) electrons. The van der Waals surface area contributed by atoms with E-state index in [1.165, 1.54) is 11.8 Å². The van der Waals surface area contributed by atoms with Crippen LogP contribution in [0.15, 0.2) is 35.5 Å². The van der Waals surface area contributed by atoms with E-state index in [2.05, 4.69) is 30.4 Å². The number of benzene rings is 1. The molecule has 3 heterocycles. The van der Waals surface area contributed by atoms with Gasteiger partial charge in [-0.25, -0.2) is 15.0 Å². The number of fused-ring (bicyclic) bond motifs is 1. The lowest BCUT2D eigenvalue weighted by molar-refractivity contribution is -0.113. The third-order valence-electron chi connectivity index (χ3n) is 4.02. The Kier molecular flexibility index (Phi) is 5.25. The van der Waals surface area contributed by atoms with Crippen LogP contribution in [-0.4, -0.2) is 41.4 Å². The second-order valence-corrected chi connectivity index (χ2v) is 7.97. The molecule has 0 fully saturated rings. The van der Waals surface area contributed by atoms with Crippen molar-refractivity contribution < 1.29 is 4.79 Å². The molecule has 148 valence electrons. The maximum Gasteiger partial charge on any atom is 0.252 e. The normalized spacial score (nSPS) is 11.2. The highest BCUT2D eigenvalue weighted by molar-refractivity contribution is 7.99. The number of aromatic nitrogens is 6. The van der Waals surface area contributed by atoms with Gasteiger partial charge in [0, 0.05) is 22.5 Å². The zero-order valence-corrected chi connectivity index (χ0v) is 17.6. The van der Waals surface area contributed by atoms with Gasteiger partial charge in [0.05, 0.1) is 22.5 Å². The minimum atomic E-state index is -0.181. The van der Waals surface area contributed by atoms with Gasteiger partial charge >= 0.3 is 0 Å². The molecule has 0 saturated heterocycles. The molecule has 0 spiro atoms. The van der Waals surface area contributed by atoms with Crippen LogP contribution in [0.4, 0.5) is 5.82 Å². The summed E-state index contributed by atoms with van der Waals surface area (Å²) in [6, 6.07) is 9.09. The molecular formula is C19H18ClN7OS. The van der Waals surface area contributed by atoms with Crippen molar-refractivity contribution in [1.29, 1.82) is 0 Å². The molecule has 0 atom stereocenters. The van der Waals surface area contributed by atoms with E-state index in [1.807, 2.05) is 32.9 Å². The first-order valence-electron chi connectivity index (χ1n) is 8.84. The van der Waals surface area contributed by atoms with Crippen LogP contribution < -0.4 is 5.32 Å². The zero-order valence-electron chi connectivity index (χ0n) is 16.0. The molecular weight excluding hydrogens is 410 g/mol. The van der Waals surface area contributed by atoms with Crippen molar-refractivity contribution in [1.82, 2.24) is 29.7 Å². The van der Waals surface area contributed by atoms with Gasteiger partial charge < -0.3 is 10.3 Å². The molecule has 10 heteroatoms. The molecule has 2 N–H and O–H groups in total. The number of carbonyl (C=O) groups excluding carboxylic acids is 1. The molecule has 1 aromatic carbocycles. The maximum absolute atomic E-state index is 12.5. The lowest BCUT2D eigenvalue weighted by Gasteiger charge is -2.08. The Morgan fingerprint density at radius 3 is 2.62 bits per heavy atom. The van der Waals surface area contributed by atoms with Crippen molar-refractivity contribution in [3.63, 3.8) is 0 Å². The lowest BCUT2D eigenvalue weighted by atomic mass is 10.3. The molecule has 0 aliphatic rings. The summed E-state index contributed by atoms with van der Waals surface area (Å²) < 4.78 is 1.54. The van der Waals surface area contributed by atoms with Crippen LogP contribution >= 0.6 is 23.4 Å². The van der Waals surface area contributed by atoms with E-state index in [-0.39, 0.29) is 11.7 Å². The summed E-state index contributed by atoms with van der Waals surface area (Å²) in [5.74, 6) is 0.951. The van der Waals surface area contributed by atoms with Gasteiger partial charge in [-0.2, -0.15) is 9.78 Å². The number of nitrogens with zero attached hydrogens (tertiary/aromatic N) is 5. The number of halogens is 1. The number of imidazole rings is 1. The number of anilines is 1. The minimum Gasteiger partial charge on any atom is -0.333 e. The van der Waals surface area contributed by atoms with Gasteiger partial charge in [-0.05, 0) is 45.0 Å². The summed E-state index contributed by atoms with van der Waals surface area (Å²) in [4.78, 5) is 29.0. The van der Waals surface area contributed by atoms with Gasteiger partial charge in [0.15, 0.2) is 5.16 Å². The van der Waals surface area contributed by atoms with E-state index in [1.54, 1.807) is 22.9 Å². The van der Waals surface area contributed by atoms with Crippen LogP contribution in [0, 0.1) is 20.8 Å². The summed E-state index contributed by atoms with van der Waals surface area (Å²) >= 11 is 7.31. The molecule has 29 heavy (non-hydrogen) atoms. The fourth-order valence-electron chi connectivity index (χ4n) is 2.88. The average Bonchev–Trinajstić information content (AvgIpc) is 3.21. The zero-order chi connectivity index (χ0) is 20.5. The largest absolute Gasteiger partial charge is 0.333 e. The molecule has 0 aliphatic carbocycles. The Hall–Kier alpha value is -2.91. The fraction of sp³-hybridized carbons (Fsp3) is 0.211. The van der Waals surface area contributed by atoms with Gasteiger partial charge in [-0.3, -0.25) is 4.79 Å². The quantitative estimate of drug-likeness (QED) is 0.469. The standard InChI is InChI=1S/C19H18ClN7OS/c1-10-6-11(2)22-18(21-10)27-16(7-12(3)26-27)25-17(28)9-29-19-23-14-5-4-13(20)8-15(14)24-19/h4-8H,9H2,1-3H3,(H,23,24)(H,25,28). The van der Waals surface area contributed by atoms with Crippen molar-refractivity contribution in [3.05, 3.63) is 52.4 Å². The Morgan fingerprint density at radius 2 is 1.86 bits per heavy atom. The Labute approximate surface area is 176 Å². The first-order valence-corrected chi connectivity index (χ1v) is 10.2. The first-order chi connectivity index (χ1) is 13.9. The Balaban J connectivity index is 1.48. The molecule has 0 bridgehead atoms. The number of aromatic amines is 1. The molecule has 4 rings (SSSR count). The van der Waals surface area contributed by atoms with Crippen LogP contribution in [0.5, 0.6) is 0 Å². The lowest BCUT2D eigenvalue weighted by Crippen LogP contribution is -2.18. The molecule has 0 saturated carbocycles. The van der Waals surface area contributed by atoms with E-state index < -0.39 is 0 Å². The Morgan fingerprint density at radius 1 is 1.10 bits per heavy atom. The fourth-order valence-corrected chi connectivity index (χ4v) is 3.74. The number of hydrogen-bond acceptors (Lipinski definition) is 6. The topological polar surface area (TPSA) is 101 Å². The Bertz CT molecular complexity index is 1200. The smallest absolute Gasteiger partial charge is 0.252 e. The van der Waals surface area contributed by atoms with Crippen LogP contribution in [0.25, 0.3) is 17.0 Å². The van der Waals surface area contributed by atoms with E-state index in [0.717, 1.165) is 28.1 Å². The monoisotopic (exact) mass is 427 g/mol. The summed E-state index contributed by atoms with van der Waals surface area (Å²) in [7, 11) is 0. The van der Waals surface area contributed by atoms with E-state index in [4.69, 9.17) is 11.6 Å². The third-order valence-corrected chi connectivity index (χ3v) is 5.13. The summed E-state index contributed by atoms with van der Waals surface area (Å²) in [5.41, 5.74) is 4.06. The SMILES string of the molecule is Cc1cc(C)nc(-n2nc(C)cc2NC(=O)CSc2nc3ccc(Cl)cc3[nH]2)n1. The number of carbonyl (C=O) groups is 1. The molecule has 8 nitrogen and oxygen atoms in total. The van der Waals surface area contributed by atoms with E-state index in [0.29, 0.717) is 21.9 Å². The highest BCUT2D eigenvalue weighted by Gasteiger charge is 2.14. The van der Waals surface area contributed by atoms with Crippen molar-refractivity contribution in [2.45, 2.75) is 25.9 Å². The predicted molar refractivity (Wildman–Crippen MR) is 114 cm³/mol. The molecule has 4 aromatic rings. The second kappa shape index (κ2) is 7.84. The van der Waals surface area contributed by atoms with Gasteiger partial charge in [0.2, 0.25) is 5.91 Å². The van der Waals surface area contributed by atoms with E-state index in [9.17, 15) is 4.79 Å². The number of thioether (sulfide) groups is 1. The van der Waals surface area contributed by atoms with Crippen LogP contribution in [0.3, 0.4) is 0 Å².